The highest BCUT2D eigenvalue weighted by atomic mass is 79.9. The summed E-state index contributed by atoms with van der Waals surface area (Å²) in [6.07, 6.45) is 0. The third-order valence-electron chi connectivity index (χ3n) is 1.85. The Balaban J connectivity index is 2.68. The Morgan fingerprint density at radius 3 is 1.56 bits per heavy atom. The zero-order valence-corrected chi connectivity index (χ0v) is 12.4. The minimum absolute atomic E-state index is 0.600. The van der Waals surface area contributed by atoms with E-state index in [1.54, 1.807) is 12.1 Å². The molecule has 0 amide bonds. The van der Waals surface area contributed by atoms with E-state index in [1.807, 2.05) is 0 Å². The van der Waals surface area contributed by atoms with Gasteiger partial charge in [0.25, 0.3) is 0 Å². The van der Waals surface area contributed by atoms with Crippen molar-refractivity contribution in [1.29, 1.82) is 10.5 Å². The fourth-order valence-corrected chi connectivity index (χ4v) is 4.48. The van der Waals surface area contributed by atoms with Gasteiger partial charge in [0.05, 0.1) is 28.5 Å². The predicted molar refractivity (Wildman–Crippen MR) is 72.5 cm³/mol. The zero-order valence-electron chi connectivity index (χ0n) is 7.62. The first kappa shape index (κ1) is 11.8. The summed E-state index contributed by atoms with van der Waals surface area (Å²) < 4.78 is 1.79. The minimum atomic E-state index is 0.600. The van der Waals surface area contributed by atoms with E-state index in [0.717, 1.165) is 17.3 Å². The van der Waals surface area contributed by atoms with Gasteiger partial charge in [-0.15, -0.1) is 22.7 Å². The van der Waals surface area contributed by atoms with Gasteiger partial charge in [-0.2, -0.15) is 10.5 Å². The molecule has 6 heteroatoms. The first-order chi connectivity index (χ1) is 7.65. The van der Waals surface area contributed by atoms with Gasteiger partial charge >= 0.3 is 0 Å². The number of hydrogen-bond acceptors (Lipinski definition) is 4. The molecule has 78 valence electrons. The normalized spacial score (nSPS) is 9.75. The fraction of sp³-hybridized carbons (Fsp3) is 0. The predicted octanol–water partition coefficient (Wildman–Crippen LogP) is 4.74. The van der Waals surface area contributed by atoms with Crippen LogP contribution in [0.5, 0.6) is 0 Å². The summed E-state index contributed by atoms with van der Waals surface area (Å²) in [6, 6.07) is 7.82. The summed E-state index contributed by atoms with van der Waals surface area (Å²) in [5, 5.41) is 18.0. The quantitative estimate of drug-likeness (QED) is 0.724. The van der Waals surface area contributed by atoms with E-state index >= 15 is 0 Å². The van der Waals surface area contributed by atoms with E-state index in [2.05, 4.69) is 44.0 Å². The third-order valence-corrected chi connectivity index (χ3v) is 5.29. The second kappa shape index (κ2) is 4.68. The number of hydrogen-bond donors (Lipinski definition) is 0. The summed E-state index contributed by atoms with van der Waals surface area (Å²) in [6.45, 7) is 0. The van der Waals surface area contributed by atoms with Gasteiger partial charge in [0, 0.05) is 0 Å². The van der Waals surface area contributed by atoms with Crippen molar-refractivity contribution in [2.75, 3.05) is 0 Å². The minimum Gasteiger partial charge on any atom is -0.192 e. The van der Waals surface area contributed by atoms with Gasteiger partial charge in [-0.05, 0) is 44.0 Å². The van der Waals surface area contributed by atoms with Crippen molar-refractivity contribution in [1.82, 2.24) is 0 Å². The van der Waals surface area contributed by atoms with Crippen LogP contribution in [0.2, 0.25) is 0 Å². The molecule has 0 bridgehead atoms. The Kier molecular flexibility index (Phi) is 3.46. The van der Waals surface area contributed by atoms with Crippen LogP contribution in [-0.4, -0.2) is 0 Å². The molecule has 2 nitrogen and oxygen atoms in total. The number of nitriles is 2. The maximum atomic E-state index is 9.01. The Morgan fingerprint density at radius 1 is 0.875 bits per heavy atom. The maximum Gasteiger partial charge on any atom is 0.101 e. The van der Waals surface area contributed by atoms with Crippen LogP contribution in [0.15, 0.2) is 19.7 Å². The molecule has 0 atom stereocenters. The van der Waals surface area contributed by atoms with Crippen molar-refractivity contribution in [3.8, 4) is 21.9 Å². The first-order valence-corrected chi connectivity index (χ1v) is 7.27. The summed E-state index contributed by atoms with van der Waals surface area (Å²) in [4.78, 5) is 1.70. The monoisotopic (exact) mass is 372 g/mol. The molecule has 0 saturated carbocycles. The average Bonchev–Trinajstić information content (AvgIpc) is 2.80. The fourth-order valence-electron chi connectivity index (χ4n) is 1.23. The van der Waals surface area contributed by atoms with E-state index in [4.69, 9.17) is 10.5 Å². The van der Waals surface area contributed by atoms with E-state index in [1.165, 1.54) is 22.7 Å². The van der Waals surface area contributed by atoms with Gasteiger partial charge in [0.1, 0.15) is 12.1 Å². The molecule has 0 unspecified atom stereocenters. The molecule has 2 rings (SSSR count). The second-order valence-corrected chi connectivity index (χ2v) is 7.67. The van der Waals surface area contributed by atoms with Gasteiger partial charge in [-0.1, -0.05) is 0 Å². The molecule has 0 aliphatic heterocycles. The van der Waals surface area contributed by atoms with Gasteiger partial charge in [0.15, 0.2) is 0 Å². The summed E-state index contributed by atoms with van der Waals surface area (Å²) in [5.74, 6) is 0. The topological polar surface area (TPSA) is 47.6 Å². The number of rotatable bonds is 1. The van der Waals surface area contributed by atoms with Gasteiger partial charge in [0.2, 0.25) is 0 Å². The van der Waals surface area contributed by atoms with E-state index < -0.39 is 0 Å². The van der Waals surface area contributed by atoms with Gasteiger partial charge in [-0.25, -0.2) is 0 Å². The van der Waals surface area contributed by atoms with Crippen molar-refractivity contribution in [3.63, 3.8) is 0 Å². The Morgan fingerprint density at radius 2 is 1.25 bits per heavy atom. The van der Waals surface area contributed by atoms with Crippen LogP contribution >= 0.6 is 54.5 Å². The molecule has 2 heterocycles. The van der Waals surface area contributed by atoms with Crippen LogP contribution < -0.4 is 0 Å². The average molecular weight is 374 g/mol. The molecule has 16 heavy (non-hydrogen) atoms. The molecule has 0 fully saturated rings. The molecule has 2 aromatic rings. The van der Waals surface area contributed by atoms with Gasteiger partial charge < -0.3 is 0 Å². The van der Waals surface area contributed by atoms with Crippen LogP contribution in [-0.2, 0) is 0 Å². The molecule has 0 radical (unpaired) electrons. The standard InChI is InChI=1S/C10H2Br2N2S2/c11-7-1-5(3-13)9(15-7)10-6(4-14)2-8(12)16-10/h1-2H. The number of thiophene rings is 2. The molecule has 0 spiro atoms. The Hall–Kier alpha value is -0.660. The lowest BCUT2D eigenvalue weighted by Gasteiger charge is -1.93. The maximum absolute atomic E-state index is 9.01. The van der Waals surface area contributed by atoms with Gasteiger partial charge in [-0.3, -0.25) is 0 Å². The van der Waals surface area contributed by atoms with Crippen LogP contribution in [0.25, 0.3) is 9.75 Å². The Labute approximate surface area is 117 Å². The lowest BCUT2D eigenvalue weighted by atomic mass is 10.2. The molecule has 2 aromatic heterocycles. The molecule has 0 saturated heterocycles. The number of halogens is 2. The van der Waals surface area contributed by atoms with Crippen molar-refractivity contribution in [2.24, 2.45) is 0 Å². The zero-order chi connectivity index (χ0) is 11.7. The van der Waals surface area contributed by atoms with Crippen molar-refractivity contribution < 1.29 is 0 Å². The number of nitrogens with zero attached hydrogens (tertiary/aromatic N) is 2. The lowest BCUT2D eigenvalue weighted by Crippen LogP contribution is -1.75. The highest BCUT2D eigenvalue weighted by Gasteiger charge is 2.16. The van der Waals surface area contributed by atoms with Crippen molar-refractivity contribution >= 4 is 54.5 Å². The van der Waals surface area contributed by atoms with E-state index in [9.17, 15) is 0 Å². The molecular formula is C10H2Br2N2S2. The molecular weight excluding hydrogens is 372 g/mol. The highest BCUT2D eigenvalue weighted by Crippen LogP contribution is 2.42. The van der Waals surface area contributed by atoms with Crippen LogP contribution in [0.4, 0.5) is 0 Å². The van der Waals surface area contributed by atoms with Crippen LogP contribution in [0, 0.1) is 22.7 Å². The SMILES string of the molecule is N#Cc1cc(Br)sc1-c1sc(Br)cc1C#N. The van der Waals surface area contributed by atoms with Crippen molar-refractivity contribution in [2.45, 2.75) is 0 Å². The molecule has 0 aliphatic carbocycles. The molecule has 0 aromatic carbocycles. The summed E-state index contributed by atoms with van der Waals surface area (Å²) in [5.41, 5.74) is 1.20. The Bertz CT molecular complexity index is 572. The smallest absolute Gasteiger partial charge is 0.101 e. The third kappa shape index (κ3) is 2.07. The van der Waals surface area contributed by atoms with E-state index in [-0.39, 0.29) is 0 Å². The largest absolute Gasteiger partial charge is 0.192 e. The summed E-state index contributed by atoms with van der Waals surface area (Å²) >= 11 is 9.64. The first-order valence-electron chi connectivity index (χ1n) is 4.05. The van der Waals surface area contributed by atoms with Crippen LogP contribution in [0.3, 0.4) is 0 Å². The lowest BCUT2D eigenvalue weighted by molar-refractivity contribution is 1.50. The second-order valence-electron chi connectivity index (χ2n) is 2.81. The summed E-state index contributed by atoms with van der Waals surface area (Å²) in [7, 11) is 0. The van der Waals surface area contributed by atoms with Crippen LogP contribution in [0.1, 0.15) is 11.1 Å². The highest BCUT2D eigenvalue weighted by molar-refractivity contribution is 9.11. The molecule has 0 N–H and O–H groups in total. The van der Waals surface area contributed by atoms with E-state index in [0.29, 0.717) is 11.1 Å². The van der Waals surface area contributed by atoms with Crippen molar-refractivity contribution in [3.05, 3.63) is 30.8 Å². The molecule has 0 aliphatic rings.